The lowest BCUT2D eigenvalue weighted by Crippen LogP contribution is -2.28. The monoisotopic (exact) mass is 427 g/mol. The Hall–Kier alpha value is -3.60. The molecule has 0 saturated heterocycles. The average Bonchev–Trinajstić information content (AvgIpc) is 3.61. The Balaban J connectivity index is 1.41. The van der Waals surface area contributed by atoms with Crippen LogP contribution < -0.4 is 15.5 Å². The third kappa shape index (κ3) is 5.17. The number of anilines is 2. The van der Waals surface area contributed by atoms with Crippen LogP contribution >= 0.6 is 0 Å². The van der Waals surface area contributed by atoms with E-state index in [9.17, 15) is 9.59 Å². The van der Waals surface area contributed by atoms with Gasteiger partial charge < -0.3 is 15.5 Å². The topological polar surface area (TPSA) is 61.4 Å². The van der Waals surface area contributed by atoms with Crippen molar-refractivity contribution in [3.63, 3.8) is 0 Å². The molecule has 0 radical (unpaired) electrons. The number of benzene rings is 3. The molecule has 32 heavy (non-hydrogen) atoms. The maximum Gasteiger partial charge on any atom is 0.253 e. The van der Waals surface area contributed by atoms with Crippen molar-refractivity contribution in [3.05, 3.63) is 95.6 Å². The molecule has 0 spiro atoms. The number of nitrogens with zero attached hydrogens (tertiary/aromatic N) is 1. The Morgan fingerprint density at radius 2 is 1.62 bits per heavy atom. The van der Waals surface area contributed by atoms with E-state index < -0.39 is 0 Å². The van der Waals surface area contributed by atoms with E-state index in [1.54, 1.807) is 6.07 Å². The van der Waals surface area contributed by atoms with Crippen molar-refractivity contribution in [2.24, 2.45) is 5.92 Å². The van der Waals surface area contributed by atoms with Crippen LogP contribution in [0.15, 0.2) is 78.9 Å². The first-order valence-electron chi connectivity index (χ1n) is 11.0. The number of hydrogen-bond donors (Lipinski definition) is 2. The van der Waals surface area contributed by atoms with E-state index in [1.807, 2.05) is 79.7 Å². The van der Waals surface area contributed by atoms with Crippen molar-refractivity contribution < 1.29 is 9.59 Å². The highest BCUT2D eigenvalue weighted by Gasteiger charge is 2.43. The molecule has 1 aliphatic carbocycles. The van der Waals surface area contributed by atoms with Crippen LogP contribution in [0.2, 0.25) is 0 Å². The van der Waals surface area contributed by atoms with Crippen LogP contribution in [0.5, 0.6) is 0 Å². The summed E-state index contributed by atoms with van der Waals surface area (Å²) < 4.78 is 0. The van der Waals surface area contributed by atoms with E-state index in [4.69, 9.17) is 0 Å². The molecule has 2 amide bonds. The maximum atomic E-state index is 12.9. The second-order valence-electron chi connectivity index (χ2n) is 8.47. The molecule has 0 bridgehead atoms. The quantitative estimate of drug-likeness (QED) is 0.558. The molecule has 2 atom stereocenters. The van der Waals surface area contributed by atoms with Crippen LogP contribution in [0.25, 0.3) is 0 Å². The third-order valence-electron chi connectivity index (χ3n) is 5.89. The summed E-state index contributed by atoms with van der Waals surface area (Å²) in [4.78, 5) is 27.6. The Kier molecular flexibility index (Phi) is 6.55. The number of rotatable bonds is 8. The van der Waals surface area contributed by atoms with Gasteiger partial charge in [0.15, 0.2) is 0 Å². The second kappa shape index (κ2) is 9.69. The Bertz CT molecular complexity index is 1080. The summed E-state index contributed by atoms with van der Waals surface area (Å²) in [6.45, 7) is 0.549. The summed E-state index contributed by atoms with van der Waals surface area (Å²) >= 11 is 0. The fourth-order valence-electron chi connectivity index (χ4n) is 4.03. The normalized spacial score (nSPS) is 16.8. The van der Waals surface area contributed by atoms with E-state index in [0.29, 0.717) is 17.8 Å². The van der Waals surface area contributed by atoms with Gasteiger partial charge in [0.1, 0.15) is 0 Å². The van der Waals surface area contributed by atoms with Gasteiger partial charge in [-0.2, -0.15) is 0 Å². The fraction of sp³-hybridized carbons (Fsp3) is 0.259. The number of carbonyl (C=O) groups is 2. The van der Waals surface area contributed by atoms with Crippen LogP contribution in [-0.2, 0) is 11.2 Å². The van der Waals surface area contributed by atoms with Gasteiger partial charge in [0.25, 0.3) is 5.91 Å². The van der Waals surface area contributed by atoms with Gasteiger partial charge in [-0.05, 0) is 48.1 Å². The van der Waals surface area contributed by atoms with Gasteiger partial charge in [0.05, 0.1) is 5.56 Å². The molecular weight excluding hydrogens is 398 g/mol. The zero-order valence-electron chi connectivity index (χ0n) is 18.5. The van der Waals surface area contributed by atoms with Crippen LogP contribution in [0.1, 0.15) is 33.8 Å². The fourth-order valence-corrected chi connectivity index (χ4v) is 4.03. The molecule has 3 aromatic rings. The van der Waals surface area contributed by atoms with Crippen molar-refractivity contribution in [1.29, 1.82) is 0 Å². The van der Waals surface area contributed by atoms with Crippen LogP contribution in [0, 0.1) is 5.92 Å². The largest absolute Gasteiger partial charge is 0.377 e. The van der Waals surface area contributed by atoms with Gasteiger partial charge in [-0.3, -0.25) is 9.59 Å². The van der Waals surface area contributed by atoms with Gasteiger partial charge in [-0.15, -0.1) is 0 Å². The molecule has 4 rings (SSSR count). The highest BCUT2D eigenvalue weighted by atomic mass is 16.2. The van der Waals surface area contributed by atoms with Gasteiger partial charge in [0.2, 0.25) is 5.91 Å². The summed E-state index contributed by atoms with van der Waals surface area (Å²) in [6.07, 6.45) is 1.63. The third-order valence-corrected chi connectivity index (χ3v) is 5.89. The molecule has 0 unspecified atom stereocenters. The minimum Gasteiger partial charge on any atom is -0.377 e. The molecule has 1 aliphatic rings. The van der Waals surface area contributed by atoms with Crippen molar-refractivity contribution in [1.82, 2.24) is 5.32 Å². The standard InChI is InChI=1S/C27H29N3O2/c1-30(2)25-14-13-21(29-27(32)23-18-22(23)20-11-7-4-8-12-20)17-24(25)26(31)28-16-15-19-9-5-3-6-10-19/h3-14,17,22-23H,15-16,18H2,1-2H3,(H,28,31)(H,29,32)/t22-,23-/m0/s1. The predicted molar refractivity (Wildman–Crippen MR) is 129 cm³/mol. The molecule has 164 valence electrons. The van der Waals surface area contributed by atoms with E-state index in [-0.39, 0.29) is 23.7 Å². The van der Waals surface area contributed by atoms with Crippen molar-refractivity contribution in [2.75, 3.05) is 30.9 Å². The molecule has 1 saturated carbocycles. The predicted octanol–water partition coefficient (Wildman–Crippen LogP) is 4.47. The Labute approximate surface area is 189 Å². The first-order chi connectivity index (χ1) is 15.5. The SMILES string of the molecule is CN(C)c1ccc(NC(=O)[C@H]2C[C@H]2c2ccccc2)cc1C(=O)NCCc1ccccc1. The Morgan fingerprint density at radius 1 is 0.938 bits per heavy atom. The molecule has 5 nitrogen and oxygen atoms in total. The van der Waals surface area contributed by atoms with E-state index >= 15 is 0 Å². The van der Waals surface area contributed by atoms with E-state index in [1.165, 1.54) is 11.1 Å². The number of amides is 2. The van der Waals surface area contributed by atoms with Gasteiger partial charge >= 0.3 is 0 Å². The highest BCUT2D eigenvalue weighted by Crippen LogP contribution is 2.47. The van der Waals surface area contributed by atoms with Crippen LogP contribution in [0.3, 0.4) is 0 Å². The van der Waals surface area contributed by atoms with Crippen molar-refractivity contribution in [2.45, 2.75) is 18.8 Å². The summed E-state index contributed by atoms with van der Waals surface area (Å²) in [5, 5.41) is 6.02. The lowest BCUT2D eigenvalue weighted by Gasteiger charge is -2.18. The van der Waals surface area contributed by atoms with E-state index in [2.05, 4.69) is 22.8 Å². The molecule has 0 heterocycles. The molecule has 1 fully saturated rings. The zero-order valence-corrected chi connectivity index (χ0v) is 18.5. The summed E-state index contributed by atoms with van der Waals surface area (Å²) in [7, 11) is 3.81. The first kappa shape index (κ1) is 21.6. The number of hydrogen-bond acceptors (Lipinski definition) is 3. The first-order valence-corrected chi connectivity index (χ1v) is 11.0. The van der Waals surface area contributed by atoms with Gasteiger partial charge in [-0.1, -0.05) is 60.7 Å². The van der Waals surface area contributed by atoms with Gasteiger partial charge in [-0.25, -0.2) is 0 Å². The van der Waals surface area contributed by atoms with Crippen LogP contribution in [-0.4, -0.2) is 32.5 Å². The van der Waals surface area contributed by atoms with Crippen molar-refractivity contribution in [3.8, 4) is 0 Å². The lowest BCUT2D eigenvalue weighted by molar-refractivity contribution is -0.117. The smallest absolute Gasteiger partial charge is 0.253 e. The molecule has 5 heteroatoms. The maximum absolute atomic E-state index is 12.9. The minimum atomic E-state index is -0.144. The van der Waals surface area contributed by atoms with E-state index in [0.717, 1.165) is 18.5 Å². The highest BCUT2D eigenvalue weighted by molar-refractivity contribution is 6.02. The van der Waals surface area contributed by atoms with Gasteiger partial charge in [0, 0.05) is 37.9 Å². The Morgan fingerprint density at radius 3 is 2.31 bits per heavy atom. The molecule has 3 aromatic carbocycles. The number of nitrogens with one attached hydrogen (secondary N) is 2. The second-order valence-corrected chi connectivity index (χ2v) is 8.47. The lowest BCUT2D eigenvalue weighted by atomic mass is 10.1. The van der Waals surface area contributed by atoms with Crippen molar-refractivity contribution >= 4 is 23.2 Å². The number of carbonyl (C=O) groups excluding carboxylic acids is 2. The zero-order chi connectivity index (χ0) is 22.5. The summed E-state index contributed by atoms with van der Waals surface area (Å²) in [5.41, 5.74) is 4.39. The summed E-state index contributed by atoms with van der Waals surface area (Å²) in [6, 6.07) is 25.7. The molecule has 0 aliphatic heterocycles. The molecule has 0 aromatic heterocycles. The molecule has 2 N–H and O–H groups in total. The molecular formula is C27H29N3O2. The summed E-state index contributed by atoms with van der Waals surface area (Å²) in [5.74, 6) is 0.119. The van der Waals surface area contributed by atoms with Crippen LogP contribution in [0.4, 0.5) is 11.4 Å². The minimum absolute atomic E-state index is 0.00638. The average molecular weight is 428 g/mol.